The van der Waals surface area contributed by atoms with Crippen LogP contribution in [-0.2, 0) is 22.3 Å². The van der Waals surface area contributed by atoms with Crippen LogP contribution >= 0.6 is 59.9 Å². The van der Waals surface area contributed by atoms with Crippen molar-refractivity contribution < 1.29 is 22.9 Å². The van der Waals surface area contributed by atoms with Gasteiger partial charge in [-0.3, -0.25) is 4.79 Å². The van der Waals surface area contributed by atoms with Gasteiger partial charge in [0, 0.05) is 50.0 Å². The summed E-state index contributed by atoms with van der Waals surface area (Å²) in [7, 11) is 2.12. The number of halogens is 6. The number of para-hydroxylation sites is 1. The Bertz CT molecular complexity index is 952. The molecule has 0 spiro atoms. The number of amides is 1. The number of likely N-dealkylation sites (N-methyl/N-ethyl adjacent to an activating group) is 1. The third kappa shape index (κ3) is 8.12. The van der Waals surface area contributed by atoms with E-state index in [4.69, 9.17) is 0 Å². The minimum atomic E-state index is -4.37. The molecule has 0 saturated carbocycles. The fraction of sp³-hybridized carbons (Fsp3) is 0.435. The Kier molecular flexibility index (Phi) is 11.1. The SMILES string of the molecule is CN1CCN(c2ccccc2CC2CCN(c3ccc(C(F)(F)F)cc3)C2=O)CC1.[I][V]([I])[I]. The standard InChI is InChI=1S/C23H26F3N3O.3HI.V/c1-27-12-14-28(15-13-27)21-5-3-2-4-17(21)16-18-10-11-29(22(18)30)20-8-6-19(7-9-20)23(24,25)26;;;;/h2-9,18H,10-16H2,1H3;3*1H;/q;;;;+3/p-3. The predicted molar refractivity (Wildman–Crippen MR) is 154 cm³/mol. The molecule has 1 amide bonds. The number of nitrogens with zero attached hydrogens (tertiary/aromatic N) is 3. The molecule has 186 valence electrons. The predicted octanol–water partition coefficient (Wildman–Crippen LogP) is 6.71. The average Bonchev–Trinajstić information content (AvgIpc) is 3.14. The number of hydrogen-bond acceptors (Lipinski definition) is 3. The molecule has 4 nitrogen and oxygen atoms in total. The fourth-order valence-corrected chi connectivity index (χ4v) is 4.32. The summed E-state index contributed by atoms with van der Waals surface area (Å²) < 4.78 is 38.4. The second kappa shape index (κ2) is 13.2. The van der Waals surface area contributed by atoms with Gasteiger partial charge in [-0.05, 0) is 55.8 Å². The van der Waals surface area contributed by atoms with Crippen LogP contribution in [0.3, 0.4) is 0 Å². The van der Waals surface area contributed by atoms with E-state index in [0.717, 1.165) is 43.9 Å². The van der Waals surface area contributed by atoms with Crippen molar-refractivity contribution in [2.24, 2.45) is 5.92 Å². The van der Waals surface area contributed by atoms with Crippen LogP contribution in [0.15, 0.2) is 48.5 Å². The zero-order chi connectivity index (χ0) is 24.9. The number of piperazine rings is 1. The molecule has 2 aromatic rings. The normalized spacial score (nSPS) is 19.4. The molecule has 0 bridgehead atoms. The summed E-state index contributed by atoms with van der Waals surface area (Å²) in [6.45, 7) is 4.48. The van der Waals surface area contributed by atoms with Crippen molar-refractivity contribution >= 4 is 77.2 Å². The van der Waals surface area contributed by atoms with Crippen LogP contribution in [0.4, 0.5) is 24.5 Å². The van der Waals surface area contributed by atoms with Crippen LogP contribution in [0.25, 0.3) is 0 Å². The van der Waals surface area contributed by atoms with E-state index in [1.807, 2.05) is 12.1 Å². The van der Waals surface area contributed by atoms with Gasteiger partial charge in [0.1, 0.15) is 0 Å². The zero-order valence-electron chi connectivity index (χ0n) is 18.6. The molecule has 2 fully saturated rings. The van der Waals surface area contributed by atoms with Crippen molar-refractivity contribution in [2.75, 3.05) is 49.6 Å². The first kappa shape index (κ1) is 28.8. The monoisotopic (exact) mass is 849 g/mol. The fourth-order valence-electron chi connectivity index (χ4n) is 4.32. The second-order valence-corrected chi connectivity index (χ2v) is 43.7. The van der Waals surface area contributed by atoms with E-state index in [-0.39, 0.29) is 16.7 Å². The van der Waals surface area contributed by atoms with Gasteiger partial charge >= 0.3 is 71.0 Å². The summed E-state index contributed by atoms with van der Waals surface area (Å²) in [6.07, 6.45) is -3.02. The Morgan fingerprint density at radius 2 is 1.53 bits per heavy atom. The van der Waals surface area contributed by atoms with Gasteiger partial charge in [-0.15, -0.1) is 0 Å². The zero-order valence-corrected chi connectivity index (χ0v) is 26.5. The van der Waals surface area contributed by atoms with Crippen molar-refractivity contribution in [1.29, 1.82) is 0 Å². The molecule has 0 aromatic heterocycles. The molecule has 11 heteroatoms. The second-order valence-electron chi connectivity index (χ2n) is 8.33. The minimum absolute atomic E-state index is 0.0112. The van der Waals surface area contributed by atoms with E-state index in [2.05, 4.69) is 88.9 Å². The van der Waals surface area contributed by atoms with Crippen molar-refractivity contribution in [3.05, 3.63) is 59.7 Å². The molecule has 2 aromatic carbocycles. The van der Waals surface area contributed by atoms with E-state index < -0.39 is 11.7 Å². The van der Waals surface area contributed by atoms with Crippen LogP contribution in [0.1, 0.15) is 17.5 Å². The first-order valence-corrected chi connectivity index (χ1v) is 24.4. The number of hydrogen-bond donors (Lipinski definition) is 0. The van der Waals surface area contributed by atoms with Gasteiger partial charge in [-0.25, -0.2) is 0 Å². The van der Waals surface area contributed by atoms with Gasteiger partial charge in [0.15, 0.2) is 0 Å². The van der Waals surface area contributed by atoms with Crippen molar-refractivity contribution in [2.45, 2.75) is 19.0 Å². The van der Waals surface area contributed by atoms with Crippen LogP contribution in [-0.4, -0.2) is 50.6 Å². The summed E-state index contributed by atoms with van der Waals surface area (Å²) in [6, 6.07) is 13.1. The summed E-state index contributed by atoms with van der Waals surface area (Å²) >= 11 is 7.39. The van der Waals surface area contributed by atoms with Crippen molar-refractivity contribution in [3.63, 3.8) is 0 Å². The molecule has 0 aliphatic carbocycles. The van der Waals surface area contributed by atoms with Gasteiger partial charge in [-0.1, -0.05) is 18.2 Å². The molecular weight excluding hydrogens is 823 g/mol. The first-order valence-electron chi connectivity index (χ1n) is 10.8. The maximum absolute atomic E-state index is 13.0. The Labute approximate surface area is 236 Å². The number of benzene rings is 2. The van der Waals surface area contributed by atoms with E-state index in [1.54, 1.807) is 4.90 Å². The Hall–Kier alpha value is 0.234. The van der Waals surface area contributed by atoms with Gasteiger partial charge in [0.25, 0.3) is 0 Å². The first-order chi connectivity index (χ1) is 16.1. The summed E-state index contributed by atoms with van der Waals surface area (Å²) in [5.74, 6) is -0.163. The van der Waals surface area contributed by atoms with Crippen LogP contribution in [0, 0.1) is 5.92 Å². The Morgan fingerprint density at radius 1 is 0.941 bits per heavy atom. The summed E-state index contributed by atoms with van der Waals surface area (Å²) in [5.41, 5.74) is 2.18. The average molecular weight is 849 g/mol. The number of alkyl halides is 3. The molecule has 1 atom stereocenters. The van der Waals surface area contributed by atoms with Gasteiger partial charge in [0.05, 0.1) is 5.56 Å². The molecule has 2 heterocycles. The van der Waals surface area contributed by atoms with Crippen molar-refractivity contribution in [3.8, 4) is 0 Å². The molecule has 4 rings (SSSR count). The van der Waals surface area contributed by atoms with E-state index in [0.29, 0.717) is 25.1 Å². The third-order valence-corrected chi connectivity index (χ3v) is 6.12. The Balaban J connectivity index is 0.000000751. The van der Waals surface area contributed by atoms with E-state index in [9.17, 15) is 18.0 Å². The molecule has 34 heavy (non-hydrogen) atoms. The number of carbonyl (C=O) groups excluding carboxylic acids is 1. The topological polar surface area (TPSA) is 26.8 Å². The molecule has 2 saturated heterocycles. The molecule has 0 radical (unpaired) electrons. The van der Waals surface area contributed by atoms with Crippen LogP contribution < -0.4 is 9.80 Å². The van der Waals surface area contributed by atoms with E-state index >= 15 is 0 Å². The third-order valence-electron chi connectivity index (χ3n) is 6.12. The van der Waals surface area contributed by atoms with Gasteiger partial charge in [0.2, 0.25) is 5.91 Å². The number of carbonyl (C=O) groups is 1. The maximum atomic E-state index is 13.0. The van der Waals surface area contributed by atoms with E-state index in [1.165, 1.54) is 17.8 Å². The molecular formula is C23H26F3I3N3OV. The van der Waals surface area contributed by atoms with Gasteiger partial charge in [-0.2, -0.15) is 13.2 Å². The van der Waals surface area contributed by atoms with Crippen LogP contribution in [0.5, 0.6) is 0 Å². The summed E-state index contributed by atoms with van der Waals surface area (Å²) in [5, 5.41) is 0. The molecule has 2 aliphatic rings. The Morgan fingerprint density at radius 3 is 2.12 bits per heavy atom. The number of rotatable bonds is 4. The molecule has 2 aliphatic heterocycles. The van der Waals surface area contributed by atoms with Gasteiger partial charge < -0.3 is 14.7 Å². The summed E-state index contributed by atoms with van der Waals surface area (Å²) in [4.78, 5) is 19.0. The molecule has 0 N–H and O–H groups in total. The number of anilines is 2. The quantitative estimate of drug-likeness (QED) is 0.321. The van der Waals surface area contributed by atoms with Crippen molar-refractivity contribution in [1.82, 2.24) is 4.90 Å². The van der Waals surface area contributed by atoms with Crippen LogP contribution in [0.2, 0.25) is 0 Å². The molecule has 1 unspecified atom stereocenters.